The summed E-state index contributed by atoms with van der Waals surface area (Å²) in [5, 5.41) is 6.18. The first-order valence-electron chi connectivity index (χ1n) is 10.8. The molecule has 1 aromatic heterocycles. The molecule has 0 aliphatic carbocycles. The van der Waals surface area contributed by atoms with Gasteiger partial charge in [-0.3, -0.25) is 9.59 Å². The molecule has 1 unspecified atom stereocenters. The number of alkyl carbamates (subject to hydrolysis) is 1. The van der Waals surface area contributed by atoms with Crippen molar-refractivity contribution in [2.24, 2.45) is 5.92 Å². The van der Waals surface area contributed by atoms with Crippen molar-refractivity contribution in [3.63, 3.8) is 0 Å². The Balaban J connectivity index is 1.53. The summed E-state index contributed by atoms with van der Waals surface area (Å²) in [7, 11) is 0. The average Bonchev–Trinajstić information content (AvgIpc) is 3.05. The fourth-order valence-corrected chi connectivity index (χ4v) is 4.88. The molecule has 3 amide bonds. The Hall–Kier alpha value is -2.68. The molecule has 1 saturated heterocycles. The van der Waals surface area contributed by atoms with Crippen LogP contribution in [0.2, 0.25) is 0 Å². The number of carbonyl (C=O) groups is 3. The fourth-order valence-electron chi connectivity index (χ4n) is 3.73. The van der Waals surface area contributed by atoms with Gasteiger partial charge in [0.15, 0.2) is 0 Å². The number of hydrogen-bond donors (Lipinski definition) is 2. The number of aryl methyl sites for hydroxylation is 1. The zero-order valence-corrected chi connectivity index (χ0v) is 19.7. The number of benzene rings is 1. The summed E-state index contributed by atoms with van der Waals surface area (Å²) in [6.07, 6.45) is 0.907. The first kappa shape index (κ1) is 24.0. The summed E-state index contributed by atoms with van der Waals surface area (Å²) in [4.78, 5) is 39.7. The summed E-state index contributed by atoms with van der Waals surface area (Å²) < 4.78 is 19.6. The summed E-state index contributed by atoms with van der Waals surface area (Å²) in [5.41, 5.74) is 0.195. The highest BCUT2D eigenvalue weighted by molar-refractivity contribution is 7.21. The van der Waals surface area contributed by atoms with Crippen LogP contribution in [0.3, 0.4) is 0 Å². The molecular formula is C23H30FN3O4S. The van der Waals surface area contributed by atoms with Crippen LogP contribution in [0.5, 0.6) is 0 Å². The second kappa shape index (κ2) is 9.85. The van der Waals surface area contributed by atoms with Gasteiger partial charge in [0.05, 0.1) is 10.8 Å². The van der Waals surface area contributed by atoms with Gasteiger partial charge in [-0.15, -0.1) is 11.3 Å². The Bertz CT molecular complexity index is 1010. The summed E-state index contributed by atoms with van der Waals surface area (Å²) in [6, 6.07) is 4.54. The predicted molar refractivity (Wildman–Crippen MR) is 122 cm³/mol. The third-order valence-electron chi connectivity index (χ3n) is 5.26. The topological polar surface area (TPSA) is 87.7 Å². The first-order valence-corrected chi connectivity index (χ1v) is 11.6. The van der Waals surface area contributed by atoms with E-state index in [2.05, 4.69) is 10.6 Å². The van der Waals surface area contributed by atoms with E-state index in [9.17, 15) is 18.8 Å². The minimum Gasteiger partial charge on any atom is -0.444 e. The summed E-state index contributed by atoms with van der Waals surface area (Å²) in [6.45, 7) is 8.64. The molecule has 1 fully saturated rings. The highest BCUT2D eigenvalue weighted by Crippen LogP contribution is 2.33. The van der Waals surface area contributed by atoms with Gasteiger partial charge >= 0.3 is 6.09 Å². The van der Waals surface area contributed by atoms with E-state index in [0.717, 1.165) is 22.1 Å². The van der Waals surface area contributed by atoms with Gasteiger partial charge in [-0.25, -0.2) is 9.18 Å². The molecule has 0 bridgehead atoms. The van der Waals surface area contributed by atoms with Gasteiger partial charge in [-0.1, -0.05) is 0 Å². The Morgan fingerprint density at radius 3 is 2.66 bits per heavy atom. The Labute approximate surface area is 191 Å². The number of carbonyl (C=O) groups excluding carboxylic acids is 3. The highest BCUT2D eigenvalue weighted by Gasteiger charge is 2.30. The van der Waals surface area contributed by atoms with E-state index in [0.29, 0.717) is 24.4 Å². The van der Waals surface area contributed by atoms with E-state index in [1.807, 2.05) is 6.92 Å². The molecule has 2 aromatic rings. The normalized spacial score (nSPS) is 16.7. The smallest absolute Gasteiger partial charge is 0.407 e. The Morgan fingerprint density at radius 1 is 1.22 bits per heavy atom. The van der Waals surface area contributed by atoms with Crippen LogP contribution < -0.4 is 10.6 Å². The van der Waals surface area contributed by atoms with Crippen LogP contribution in [0.15, 0.2) is 18.2 Å². The third kappa shape index (κ3) is 5.97. The van der Waals surface area contributed by atoms with Crippen molar-refractivity contribution in [1.29, 1.82) is 0 Å². The molecule has 0 radical (unpaired) electrons. The monoisotopic (exact) mass is 463 g/mol. The largest absolute Gasteiger partial charge is 0.444 e. The van der Waals surface area contributed by atoms with Crippen molar-refractivity contribution < 1.29 is 23.5 Å². The molecule has 1 aliphatic rings. The number of halogens is 1. The maximum absolute atomic E-state index is 13.6. The van der Waals surface area contributed by atoms with E-state index < -0.39 is 11.7 Å². The van der Waals surface area contributed by atoms with Gasteiger partial charge < -0.3 is 20.3 Å². The number of nitrogens with zero attached hydrogens (tertiary/aromatic N) is 1. The molecule has 2 heterocycles. The quantitative estimate of drug-likeness (QED) is 0.660. The number of thiophene rings is 1. The zero-order chi connectivity index (χ0) is 23.5. The number of nitrogens with one attached hydrogen (secondary N) is 2. The van der Waals surface area contributed by atoms with Gasteiger partial charge in [0.25, 0.3) is 5.91 Å². The van der Waals surface area contributed by atoms with E-state index >= 15 is 0 Å². The van der Waals surface area contributed by atoms with Gasteiger partial charge in [-0.05, 0) is 69.7 Å². The molecule has 1 aromatic carbocycles. The molecule has 32 heavy (non-hydrogen) atoms. The van der Waals surface area contributed by atoms with Crippen molar-refractivity contribution in [2.45, 2.75) is 46.1 Å². The van der Waals surface area contributed by atoms with Crippen LogP contribution in [-0.2, 0) is 9.53 Å². The maximum Gasteiger partial charge on any atom is 0.407 e. The first-order chi connectivity index (χ1) is 15.0. The van der Waals surface area contributed by atoms with Gasteiger partial charge in [0, 0.05) is 30.9 Å². The maximum atomic E-state index is 13.6. The van der Waals surface area contributed by atoms with Crippen LogP contribution >= 0.6 is 11.3 Å². The highest BCUT2D eigenvalue weighted by atomic mass is 32.1. The molecule has 1 aliphatic heterocycles. The van der Waals surface area contributed by atoms with Crippen molar-refractivity contribution in [2.75, 3.05) is 26.2 Å². The third-order valence-corrected chi connectivity index (χ3v) is 6.53. The van der Waals surface area contributed by atoms with E-state index in [-0.39, 0.29) is 36.6 Å². The number of ether oxygens (including phenoxy) is 1. The van der Waals surface area contributed by atoms with Gasteiger partial charge in [0.2, 0.25) is 5.91 Å². The number of rotatable bonds is 5. The fraction of sp³-hybridized carbons (Fsp3) is 0.522. The minimum absolute atomic E-state index is 0.117. The lowest BCUT2D eigenvalue weighted by Crippen LogP contribution is -2.46. The lowest BCUT2D eigenvalue weighted by Gasteiger charge is -2.32. The standard InChI is InChI=1S/C23H30FN3O4S/c1-14-17-12-16(24)7-8-18(17)32-19(14)21(29)27-11-5-6-15(13-27)20(28)25-9-10-26-22(30)31-23(2,3)4/h7-8,12,15H,5-6,9-11,13H2,1-4H3,(H,25,28)(H,26,30). The molecule has 9 heteroatoms. The molecular weight excluding hydrogens is 433 g/mol. The number of hydrogen-bond acceptors (Lipinski definition) is 5. The summed E-state index contributed by atoms with van der Waals surface area (Å²) in [5.74, 6) is -0.883. The number of likely N-dealkylation sites (tertiary alicyclic amines) is 1. The van der Waals surface area contributed by atoms with Crippen molar-refractivity contribution >= 4 is 39.3 Å². The molecule has 1 atom stereocenters. The van der Waals surface area contributed by atoms with Crippen LogP contribution in [0, 0.1) is 18.7 Å². The van der Waals surface area contributed by atoms with Crippen molar-refractivity contribution in [3.8, 4) is 0 Å². The van der Waals surface area contributed by atoms with Crippen molar-refractivity contribution in [1.82, 2.24) is 15.5 Å². The van der Waals surface area contributed by atoms with E-state index in [4.69, 9.17) is 4.74 Å². The van der Waals surface area contributed by atoms with E-state index in [1.54, 1.807) is 31.7 Å². The van der Waals surface area contributed by atoms with Gasteiger partial charge in [-0.2, -0.15) is 0 Å². The molecule has 7 nitrogen and oxygen atoms in total. The second-order valence-electron chi connectivity index (χ2n) is 9.01. The molecule has 0 spiro atoms. The van der Waals surface area contributed by atoms with Crippen LogP contribution in [0.4, 0.5) is 9.18 Å². The van der Waals surface area contributed by atoms with Crippen LogP contribution in [-0.4, -0.2) is 54.6 Å². The molecule has 174 valence electrons. The molecule has 0 saturated carbocycles. The minimum atomic E-state index is -0.577. The summed E-state index contributed by atoms with van der Waals surface area (Å²) >= 11 is 1.36. The number of fused-ring (bicyclic) bond motifs is 1. The number of piperidine rings is 1. The Kier molecular flexibility index (Phi) is 7.38. The lowest BCUT2D eigenvalue weighted by atomic mass is 9.96. The van der Waals surface area contributed by atoms with Crippen LogP contribution in [0.1, 0.15) is 48.8 Å². The molecule has 2 N–H and O–H groups in total. The van der Waals surface area contributed by atoms with Gasteiger partial charge in [0.1, 0.15) is 11.4 Å². The van der Waals surface area contributed by atoms with E-state index in [1.165, 1.54) is 23.5 Å². The molecule has 3 rings (SSSR count). The zero-order valence-electron chi connectivity index (χ0n) is 18.9. The predicted octanol–water partition coefficient (Wildman–Crippen LogP) is 3.84. The number of amides is 3. The SMILES string of the molecule is Cc1c(C(=O)N2CCCC(C(=O)NCCNC(=O)OC(C)(C)C)C2)sc2ccc(F)cc12. The second-order valence-corrected chi connectivity index (χ2v) is 10.1. The van der Waals surface area contributed by atoms with Crippen molar-refractivity contribution in [3.05, 3.63) is 34.5 Å². The van der Waals surface area contributed by atoms with Crippen LogP contribution in [0.25, 0.3) is 10.1 Å². The average molecular weight is 464 g/mol. The Morgan fingerprint density at radius 2 is 1.94 bits per heavy atom. The lowest BCUT2D eigenvalue weighted by molar-refractivity contribution is -0.126.